The van der Waals surface area contributed by atoms with Crippen molar-refractivity contribution in [1.29, 1.82) is 0 Å². The predicted molar refractivity (Wildman–Crippen MR) is 105 cm³/mol. The third-order valence-electron chi connectivity index (χ3n) is 3.89. The summed E-state index contributed by atoms with van der Waals surface area (Å²) in [6.07, 6.45) is 0.305. The number of benzene rings is 1. The summed E-state index contributed by atoms with van der Waals surface area (Å²) < 4.78 is 0. The van der Waals surface area contributed by atoms with Gasteiger partial charge in [0.1, 0.15) is 5.01 Å². The number of hydrogen-bond donors (Lipinski definition) is 2. The van der Waals surface area contributed by atoms with Crippen LogP contribution < -0.4 is 10.6 Å². The van der Waals surface area contributed by atoms with Crippen molar-refractivity contribution in [2.45, 2.75) is 32.9 Å². The normalized spacial score (nSPS) is 12.1. The number of rotatable bonds is 7. The van der Waals surface area contributed by atoms with Gasteiger partial charge in [-0.1, -0.05) is 24.3 Å². The molecule has 0 bridgehead atoms. The van der Waals surface area contributed by atoms with Crippen LogP contribution in [0.1, 0.15) is 34.1 Å². The van der Waals surface area contributed by atoms with Crippen molar-refractivity contribution in [3.63, 3.8) is 0 Å². The Labute approximate surface area is 155 Å². The van der Waals surface area contributed by atoms with E-state index in [1.807, 2.05) is 36.6 Å². The molecule has 0 radical (unpaired) electrons. The molecule has 130 valence electrons. The van der Waals surface area contributed by atoms with Crippen LogP contribution in [0.5, 0.6) is 0 Å². The lowest BCUT2D eigenvalue weighted by Crippen LogP contribution is -2.18. The first-order valence-corrected chi connectivity index (χ1v) is 9.93. The summed E-state index contributed by atoms with van der Waals surface area (Å²) in [6.45, 7) is 4.83. The summed E-state index contributed by atoms with van der Waals surface area (Å²) in [6, 6.07) is 12.3. The molecule has 3 rings (SSSR count). The molecule has 0 spiro atoms. The van der Waals surface area contributed by atoms with Gasteiger partial charge in [-0.25, -0.2) is 4.98 Å². The second-order valence-electron chi connectivity index (χ2n) is 5.89. The minimum absolute atomic E-state index is 0.0323. The van der Waals surface area contributed by atoms with Gasteiger partial charge in [0, 0.05) is 28.5 Å². The van der Waals surface area contributed by atoms with E-state index in [4.69, 9.17) is 0 Å². The van der Waals surface area contributed by atoms with Gasteiger partial charge < -0.3 is 10.6 Å². The summed E-state index contributed by atoms with van der Waals surface area (Å²) in [4.78, 5) is 18.1. The van der Waals surface area contributed by atoms with E-state index >= 15 is 0 Å². The van der Waals surface area contributed by atoms with Gasteiger partial charge in [0.15, 0.2) is 0 Å². The van der Waals surface area contributed by atoms with E-state index in [0.717, 1.165) is 22.0 Å². The Morgan fingerprint density at radius 1 is 1.20 bits per heavy atom. The maximum absolute atomic E-state index is 12.2. The standard InChI is InChI=1S/C19H21N3OS2/c1-13-6-3-4-7-16(13)22-18(23)10-19-21-15(12-25-19)11-20-14(2)17-8-5-9-24-17/h3-9,12,14,20H,10-11H2,1-2H3,(H,22,23)/t14-/m1/s1. The highest BCUT2D eigenvalue weighted by Gasteiger charge is 2.11. The first kappa shape index (κ1) is 17.8. The first-order chi connectivity index (χ1) is 12.1. The maximum Gasteiger partial charge on any atom is 0.231 e. The number of carbonyl (C=O) groups is 1. The topological polar surface area (TPSA) is 54.0 Å². The highest BCUT2D eigenvalue weighted by molar-refractivity contribution is 7.10. The van der Waals surface area contributed by atoms with Gasteiger partial charge in [-0.15, -0.1) is 22.7 Å². The van der Waals surface area contributed by atoms with Crippen LogP contribution in [-0.2, 0) is 17.8 Å². The molecule has 0 saturated carbocycles. The molecule has 0 saturated heterocycles. The third kappa shape index (κ3) is 4.98. The molecular weight excluding hydrogens is 350 g/mol. The zero-order valence-electron chi connectivity index (χ0n) is 14.3. The van der Waals surface area contributed by atoms with Crippen LogP contribution in [0, 0.1) is 6.92 Å². The maximum atomic E-state index is 12.2. The number of anilines is 1. The average molecular weight is 372 g/mol. The smallest absolute Gasteiger partial charge is 0.231 e. The average Bonchev–Trinajstić information content (AvgIpc) is 3.26. The lowest BCUT2D eigenvalue weighted by Gasteiger charge is -2.10. The fourth-order valence-corrected chi connectivity index (χ4v) is 4.00. The van der Waals surface area contributed by atoms with E-state index < -0.39 is 0 Å². The zero-order chi connectivity index (χ0) is 17.6. The van der Waals surface area contributed by atoms with Crippen molar-refractivity contribution in [1.82, 2.24) is 10.3 Å². The number of hydrogen-bond acceptors (Lipinski definition) is 5. The van der Waals surface area contributed by atoms with Crippen LogP contribution >= 0.6 is 22.7 Å². The first-order valence-electron chi connectivity index (χ1n) is 8.17. The van der Waals surface area contributed by atoms with Crippen LogP contribution in [0.2, 0.25) is 0 Å². The van der Waals surface area contributed by atoms with Gasteiger partial charge in [0.05, 0.1) is 12.1 Å². The number of carbonyl (C=O) groups excluding carboxylic acids is 1. The number of thiazole rings is 1. The number of amides is 1. The van der Waals surface area contributed by atoms with E-state index in [1.165, 1.54) is 16.2 Å². The van der Waals surface area contributed by atoms with Crippen LogP contribution in [0.3, 0.4) is 0 Å². The van der Waals surface area contributed by atoms with E-state index in [2.05, 4.69) is 40.1 Å². The Balaban J connectivity index is 1.51. The summed E-state index contributed by atoms with van der Waals surface area (Å²) in [5, 5.41) is 11.4. The molecule has 6 heteroatoms. The Morgan fingerprint density at radius 3 is 2.80 bits per heavy atom. The van der Waals surface area contributed by atoms with Crippen molar-refractivity contribution >= 4 is 34.3 Å². The minimum atomic E-state index is -0.0323. The van der Waals surface area contributed by atoms with E-state index in [9.17, 15) is 4.79 Å². The van der Waals surface area contributed by atoms with Crippen LogP contribution in [0.15, 0.2) is 47.2 Å². The van der Waals surface area contributed by atoms with E-state index in [0.29, 0.717) is 19.0 Å². The molecule has 0 unspecified atom stereocenters. The molecule has 1 atom stereocenters. The van der Waals surface area contributed by atoms with E-state index in [-0.39, 0.29) is 5.91 Å². The number of nitrogens with one attached hydrogen (secondary N) is 2. The largest absolute Gasteiger partial charge is 0.325 e. The molecule has 4 nitrogen and oxygen atoms in total. The molecule has 2 heterocycles. The SMILES string of the molecule is Cc1ccccc1NC(=O)Cc1nc(CN[C@H](C)c2cccs2)cs1. The molecule has 0 aliphatic carbocycles. The molecule has 0 aliphatic rings. The molecule has 2 aromatic heterocycles. The molecule has 25 heavy (non-hydrogen) atoms. The Morgan fingerprint density at radius 2 is 2.04 bits per heavy atom. The second kappa shape index (κ2) is 8.38. The van der Waals surface area contributed by atoms with Crippen LogP contribution in [0.4, 0.5) is 5.69 Å². The fourth-order valence-electron chi connectivity index (χ4n) is 2.45. The summed E-state index contributed by atoms with van der Waals surface area (Å²) in [5.74, 6) is -0.0323. The number of aromatic nitrogens is 1. The second-order valence-corrected chi connectivity index (χ2v) is 7.81. The summed E-state index contributed by atoms with van der Waals surface area (Å²) >= 11 is 3.28. The molecule has 2 N–H and O–H groups in total. The van der Waals surface area contributed by atoms with Crippen molar-refractivity contribution in [3.05, 3.63) is 68.3 Å². The molecule has 3 aromatic rings. The molecule has 1 amide bonds. The van der Waals surface area contributed by atoms with Gasteiger partial charge in [-0.3, -0.25) is 4.79 Å². The number of para-hydroxylation sites is 1. The molecular formula is C19H21N3OS2. The minimum Gasteiger partial charge on any atom is -0.325 e. The number of thiophene rings is 1. The van der Waals surface area contributed by atoms with Crippen LogP contribution in [-0.4, -0.2) is 10.9 Å². The quantitative estimate of drug-likeness (QED) is 0.641. The van der Waals surface area contributed by atoms with Crippen molar-refractivity contribution in [3.8, 4) is 0 Å². The predicted octanol–water partition coefficient (Wildman–Crippen LogP) is 4.55. The van der Waals surface area contributed by atoms with Crippen molar-refractivity contribution < 1.29 is 4.79 Å². The Kier molecular flexibility index (Phi) is 5.96. The zero-order valence-corrected chi connectivity index (χ0v) is 15.9. The Bertz CT molecular complexity index is 827. The molecule has 0 fully saturated rings. The monoisotopic (exact) mass is 371 g/mol. The van der Waals surface area contributed by atoms with Gasteiger partial charge in [-0.2, -0.15) is 0 Å². The highest BCUT2D eigenvalue weighted by atomic mass is 32.1. The van der Waals surface area contributed by atoms with Gasteiger partial charge >= 0.3 is 0 Å². The van der Waals surface area contributed by atoms with Crippen molar-refractivity contribution in [2.75, 3.05) is 5.32 Å². The lowest BCUT2D eigenvalue weighted by atomic mass is 10.2. The fraction of sp³-hybridized carbons (Fsp3) is 0.263. The lowest BCUT2D eigenvalue weighted by molar-refractivity contribution is -0.115. The summed E-state index contributed by atoms with van der Waals surface area (Å²) in [5.41, 5.74) is 2.89. The number of nitrogens with zero attached hydrogens (tertiary/aromatic N) is 1. The van der Waals surface area contributed by atoms with E-state index in [1.54, 1.807) is 11.3 Å². The highest BCUT2D eigenvalue weighted by Crippen LogP contribution is 2.19. The summed E-state index contributed by atoms with van der Waals surface area (Å²) in [7, 11) is 0. The number of aryl methyl sites for hydroxylation is 1. The van der Waals surface area contributed by atoms with Gasteiger partial charge in [0.2, 0.25) is 5.91 Å². The van der Waals surface area contributed by atoms with Crippen LogP contribution in [0.25, 0.3) is 0 Å². The molecule has 0 aliphatic heterocycles. The van der Waals surface area contributed by atoms with Gasteiger partial charge in [-0.05, 0) is 36.9 Å². The Hall–Kier alpha value is -2.02. The third-order valence-corrected chi connectivity index (χ3v) is 5.84. The molecule has 1 aromatic carbocycles. The van der Waals surface area contributed by atoms with Gasteiger partial charge in [0.25, 0.3) is 0 Å². The van der Waals surface area contributed by atoms with Crippen molar-refractivity contribution in [2.24, 2.45) is 0 Å².